The van der Waals surface area contributed by atoms with Gasteiger partial charge in [0.1, 0.15) is 0 Å². The molecule has 2 heterocycles. The molecule has 0 saturated heterocycles. The lowest BCUT2D eigenvalue weighted by molar-refractivity contribution is 0.112. The Morgan fingerprint density at radius 3 is 2.29 bits per heavy atom. The Balaban J connectivity index is 1.63. The van der Waals surface area contributed by atoms with Crippen LogP contribution in [0.25, 0.3) is 22.6 Å². The van der Waals surface area contributed by atoms with Gasteiger partial charge in [-0.1, -0.05) is 32.9 Å². The number of hydrogen-bond donors (Lipinski definition) is 1. The first-order valence-electron chi connectivity index (χ1n) is 12.0. The first-order chi connectivity index (χ1) is 16.6. The van der Waals surface area contributed by atoms with E-state index in [0.717, 1.165) is 35.7 Å². The standard InChI is InChI=1S/C28H37NO3S2Si/c1-7-29(16-17-32-35(5,6)28(2,3)4)23-10-8-21(9-11-23)26-15-14-24(33-26)12-13-25-18-22(19-30)27(20-31)34-25/h8-15,18,20,30H,7,16-17,19H2,1-6H3/b13-12+. The minimum atomic E-state index is -1.73. The highest BCUT2D eigenvalue weighted by atomic mass is 32.1. The minimum absolute atomic E-state index is 0.114. The summed E-state index contributed by atoms with van der Waals surface area (Å²) >= 11 is 3.14. The highest BCUT2D eigenvalue weighted by Gasteiger charge is 2.36. The first kappa shape index (κ1) is 27.6. The largest absolute Gasteiger partial charge is 0.415 e. The number of nitrogens with zero attached hydrogens (tertiary/aromatic N) is 1. The van der Waals surface area contributed by atoms with Crippen molar-refractivity contribution in [2.75, 3.05) is 24.6 Å². The van der Waals surface area contributed by atoms with E-state index in [-0.39, 0.29) is 11.6 Å². The Kier molecular flexibility index (Phi) is 9.29. The second kappa shape index (κ2) is 11.8. The van der Waals surface area contributed by atoms with Crippen molar-refractivity contribution in [2.45, 2.75) is 52.4 Å². The van der Waals surface area contributed by atoms with Crippen molar-refractivity contribution in [3.63, 3.8) is 0 Å². The van der Waals surface area contributed by atoms with Gasteiger partial charge < -0.3 is 14.4 Å². The van der Waals surface area contributed by atoms with E-state index < -0.39 is 8.32 Å². The fourth-order valence-corrected chi connectivity index (χ4v) is 6.31. The van der Waals surface area contributed by atoms with E-state index >= 15 is 0 Å². The molecule has 2 aromatic heterocycles. The van der Waals surface area contributed by atoms with Crippen LogP contribution in [0.5, 0.6) is 0 Å². The van der Waals surface area contributed by atoms with Crippen LogP contribution in [-0.4, -0.2) is 39.4 Å². The number of rotatable bonds is 11. The maximum atomic E-state index is 11.1. The highest BCUT2D eigenvalue weighted by Crippen LogP contribution is 2.36. The summed E-state index contributed by atoms with van der Waals surface area (Å²) in [5.74, 6) is 0. The van der Waals surface area contributed by atoms with Crippen LogP contribution in [0.3, 0.4) is 0 Å². The van der Waals surface area contributed by atoms with Crippen molar-refractivity contribution in [3.05, 3.63) is 62.7 Å². The van der Waals surface area contributed by atoms with Crippen molar-refractivity contribution in [2.24, 2.45) is 0 Å². The average Bonchev–Trinajstić information content (AvgIpc) is 3.46. The number of hydrogen-bond acceptors (Lipinski definition) is 6. The molecule has 0 aliphatic rings. The molecule has 3 aromatic rings. The van der Waals surface area contributed by atoms with Crippen molar-refractivity contribution in [1.29, 1.82) is 0 Å². The maximum Gasteiger partial charge on any atom is 0.192 e. The van der Waals surface area contributed by atoms with Crippen molar-refractivity contribution >= 4 is 55.1 Å². The molecular weight excluding hydrogens is 491 g/mol. The zero-order chi connectivity index (χ0) is 25.6. The molecule has 1 N–H and O–H groups in total. The van der Waals surface area contributed by atoms with E-state index in [9.17, 15) is 9.90 Å². The quantitative estimate of drug-likeness (QED) is 0.204. The molecule has 0 fully saturated rings. The molecule has 7 heteroatoms. The Hall–Kier alpha value is -2.03. The number of aliphatic hydroxyl groups excluding tert-OH is 1. The van der Waals surface area contributed by atoms with E-state index in [1.54, 1.807) is 11.3 Å². The van der Waals surface area contributed by atoms with Crippen molar-refractivity contribution in [1.82, 2.24) is 0 Å². The summed E-state index contributed by atoms with van der Waals surface area (Å²) in [6.07, 6.45) is 4.87. The third-order valence-corrected chi connectivity index (χ3v) is 13.4. The van der Waals surface area contributed by atoms with Gasteiger partial charge >= 0.3 is 0 Å². The molecule has 4 nitrogen and oxygen atoms in total. The van der Waals surface area contributed by atoms with Gasteiger partial charge in [-0.3, -0.25) is 4.79 Å². The molecule has 1 aromatic carbocycles. The van der Waals surface area contributed by atoms with Crippen LogP contribution in [0.1, 0.15) is 52.7 Å². The molecule has 188 valence electrons. The summed E-state index contributed by atoms with van der Waals surface area (Å²) in [5, 5.41) is 9.60. The summed E-state index contributed by atoms with van der Waals surface area (Å²) in [5.41, 5.74) is 3.10. The minimum Gasteiger partial charge on any atom is -0.415 e. The van der Waals surface area contributed by atoms with Gasteiger partial charge in [-0.15, -0.1) is 22.7 Å². The number of anilines is 1. The summed E-state index contributed by atoms with van der Waals surface area (Å²) in [6.45, 7) is 16.1. The number of benzene rings is 1. The second-order valence-electron chi connectivity index (χ2n) is 10.1. The zero-order valence-electron chi connectivity index (χ0n) is 21.6. The molecule has 0 unspecified atom stereocenters. The van der Waals surface area contributed by atoms with Crippen LogP contribution >= 0.6 is 22.7 Å². The smallest absolute Gasteiger partial charge is 0.192 e. The number of thiophene rings is 2. The molecule has 35 heavy (non-hydrogen) atoms. The highest BCUT2D eigenvalue weighted by molar-refractivity contribution is 7.16. The van der Waals surface area contributed by atoms with Gasteiger partial charge in [0.15, 0.2) is 14.6 Å². The summed E-state index contributed by atoms with van der Waals surface area (Å²) < 4.78 is 6.38. The molecular formula is C28H37NO3S2Si. The monoisotopic (exact) mass is 527 g/mol. The maximum absolute atomic E-state index is 11.1. The van der Waals surface area contributed by atoms with Crippen molar-refractivity contribution in [3.8, 4) is 10.4 Å². The molecule has 0 spiro atoms. The van der Waals surface area contributed by atoms with E-state index in [4.69, 9.17) is 4.43 Å². The number of aldehydes is 1. The van der Waals surface area contributed by atoms with Crippen LogP contribution in [0, 0.1) is 0 Å². The SMILES string of the molecule is CCN(CCO[Si](C)(C)C(C)(C)C)c1ccc(-c2ccc(/C=C/c3cc(CO)c(C=O)s3)s2)cc1. The van der Waals surface area contributed by atoms with Crippen LogP contribution in [0.4, 0.5) is 5.69 Å². The summed E-state index contributed by atoms with van der Waals surface area (Å²) in [7, 11) is -1.73. The molecule has 0 atom stereocenters. The van der Waals surface area contributed by atoms with E-state index in [0.29, 0.717) is 10.4 Å². The molecule has 0 saturated carbocycles. The van der Waals surface area contributed by atoms with E-state index in [1.807, 2.05) is 12.1 Å². The lowest BCUT2D eigenvalue weighted by atomic mass is 10.1. The van der Waals surface area contributed by atoms with Gasteiger partial charge in [0.05, 0.1) is 18.1 Å². The Labute approximate surface area is 219 Å². The molecule has 3 rings (SSSR count). The molecule has 0 amide bonds. The fourth-order valence-electron chi connectivity index (χ4n) is 3.47. The van der Waals surface area contributed by atoms with E-state index in [2.05, 4.69) is 88.2 Å². The first-order valence-corrected chi connectivity index (χ1v) is 16.6. The number of likely N-dealkylation sites (N-methyl/N-ethyl adjacent to an activating group) is 1. The third-order valence-electron chi connectivity index (χ3n) is 6.71. The summed E-state index contributed by atoms with van der Waals surface area (Å²) in [6, 6.07) is 14.9. The zero-order valence-corrected chi connectivity index (χ0v) is 24.3. The van der Waals surface area contributed by atoms with Crippen molar-refractivity contribution < 1.29 is 14.3 Å². The van der Waals surface area contributed by atoms with Gasteiger partial charge in [-0.25, -0.2) is 0 Å². The van der Waals surface area contributed by atoms with Gasteiger partial charge in [-0.05, 0) is 78.7 Å². The Bertz CT molecular complexity index is 1140. The lowest BCUT2D eigenvalue weighted by Gasteiger charge is -2.37. The Morgan fingerprint density at radius 1 is 1.03 bits per heavy atom. The number of carbonyl (C=O) groups is 1. The summed E-state index contributed by atoms with van der Waals surface area (Å²) in [4.78, 5) is 17.4. The van der Waals surface area contributed by atoms with E-state index in [1.165, 1.54) is 27.5 Å². The number of carbonyl (C=O) groups excluding carboxylic acids is 1. The molecule has 0 aliphatic carbocycles. The Morgan fingerprint density at radius 2 is 1.71 bits per heavy atom. The van der Waals surface area contributed by atoms with Gasteiger partial charge in [0, 0.05) is 33.4 Å². The van der Waals surface area contributed by atoms with Gasteiger partial charge in [0.25, 0.3) is 0 Å². The second-order valence-corrected chi connectivity index (χ2v) is 17.1. The van der Waals surface area contributed by atoms with Gasteiger partial charge in [0.2, 0.25) is 0 Å². The van der Waals surface area contributed by atoms with Crippen LogP contribution in [0.15, 0.2) is 42.5 Å². The predicted octanol–water partition coefficient (Wildman–Crippen LogP) is 7.80. The van der Waals surface area contributed by atoms with Crippen LogP contribution < -0.4 is 4.90 Å². The fraction of sp³-hybridized carbons (Fsp3) is 0.393. The van der Waals surface area contributed by atoms with Gasteiger partial charge in [-0.2, -0.15) is 0 Å². The average molecular weight is 528 g/mol. The predicted molar refractivity (Wildman–Crippen MR) is 155 cm³/mol. The number of aliphatic hydroxyl groups is 1. The van der Waals surface area contributed by atoms with Crippen LogP contribution in [0.2, 0.25) is 18.1 Å². The third kappa shape index (κ3) is 7.02. The van der Waals surface area contributed by atoms with Crippen LogP contribution in [-0.2, 0) is 11.0 Å². The molecule has 0 radical (unpaired) electrons. The topological polar surface area (TPSA) is 49.8 Å². The molecule has 0 aliphatic heterocycles. The molecule has 0 bridgehead atoms. The normalized spacial score (nSPS) is 12.4. The lowest BCUT2D eigenvalue weighted by Crippen LogP contribution is -2.42.